The van der Waals surface area contributed by atoms with Crippen LogP contribution < -0.4 is 10.1 Å². The molecule has 144 valence electrons. The number of carbonyl (C=O) groups excluding carboxylic acids is 1. The molecule has 4 aromatic rings. The summed E-state index contributed by atoms with van der Waals surface area (Å²) in [4.78, 5) is 18.0. The highest BCUT2D eigenvalue weighted by atomic mass is 16.5. The molecule has 4 heteroatoms. The summed E-state index contributed by atoms with van der Waals surface area (Å²) in [6.07, 6.45) is 0. The van der Waals surface area contributed by atoms with Gasteiger partial charge in [-0.2, -0.15) is 0 Å². The van der Waals surface area contributed by atoms with Gasteiger partial charge in [-0.25, -0.2) is 4.98 Å². The van der Waals surface area contributed by atoms with Crippen molar-refractivity contribution in [2.75, 3.05) is 12.4 Å². The number of methoxy groups -OCH3 is 1. The monoisotopic (exact) mass is 382 g/mol. The molecule has 3 aromatic carbocycles. The van der Waals surface area contributed by atoms with Crippen LogP contribution in [-0.4, -0.2) is 18.0 Å². The third-order valence-corrected chi connectivity index (χ3v) is 5.05. The number of anilines is 1. The van der Waals surface area contributed by atoms with Crippen LogP contribution in [0.15, 0.2) is 72.8 Å². The summed E-state index contributed by atoms with van der Waals surface area (Å²) >= 11 is 0. The van der Waals surface area contributed by atoms with Gasteiger partial charge in [0.15, 0.2) is 0 Å². The molecule has 0 spiro atoms. The second kappa shape index (κ2) is 7.76. The van der Waals surface area contributed by atoms with Crippen LogP contribution in [0.4, 0.5) is 5.69 Å². The van der Waals surface area contributed by atoms with Gasteiger partial charge in [-0.3, -0.25) is 4.79 Å². The Labute approximate surface area is 170 Å². The molecule has 4 nitrogen and oxygen atoms in total. The van der Waals surface area contributed by atoms with Crippen molar-refractivity contribution < 1.29 is 9.53 Å². The van der Waals surface area contributed by atoms with Gasteiger partial charge in [0.25, 0.3) is 5.91 Å². The van der Waals surface area contributed by atoms with Crippen molar-refractivity contribution in [2.45, 2.75) is 13.8 Å². The molecule has 0 bridgehead atoms. The molecule has 29 heavy (non-hydrogen) atoms. The van der Waals surface area contributed by atoms with Crippen LogP contribution >= 0.6 is 0 Å². The number of ether oxygens (including phenoxy) is 1. The minimum absolute atomic E-state index is 0.148. The van der Waals surface area contributed by atoms with Gasteiger partial charge >= 0.3 is 0 Å². The van der Waals surface area contributed by atoms with E-state index >= 15 is 0 Å². The summed E-state index contributed by atoms with van der Waals surface area (Å²) in [5.41, 5.74) is 5.91. The van der Waals surface area contributed by atoms with Gasteiger partial charge in [0.2, 0.25) is 0 Å². The topological polar surface area (TPSA) is 51.2 Å². The number of rotatable bonds is 4. The second-order valence-electron chi connectivity index (χ2n) is 7.03. The predicted octanol–water partition coefficient (Wildman–Crippen LogP) is 5.78. The van der Waals surface area contributed by atoms with Gasteiger partial charge in [-0.05, 0) is 49.2 Å². The first-order valence-corrected chi connectivity index (χ1v) is 9.48. The summed E-state index contributed by atoms with van der Waals surface area (Å²) < 4.78 is 5.34. The highest BCUT2D eigenvalue weighted by Gasteiger charge is 2.16. The number of nitrogens with zero attached hydrogens (tertiary/aromatic N) is 1. The lowest BCUT2D eigenvalue weighted by Gasteiger charge is -2.14. The maximum absolute atomic E-state index is 13.3. The standard InChI is InChI=1S/C25H22N2O2/c1-16-8-6-9-17(2)24(16)27-25(28)21-15-23(18-10-7-11-19(14-18)29-3)26-22-13-5-4-12-20(21)22/h4-15H,1-3H3,(H,27,28). The van der Waals surface area contributed by atoms with E-state index in [0.717, 1.165) is 44.7 Å². The van der Waals surface area contributed by atoms with E-state index in [2.05, 4.69) is 5.32 Å². The van der Waals surface area contributed by atoms with Crippen LogP contribution in [0.3, 0.4) is 0 Å². The van der Waals surface area contributed by atoms with Gasteiger partial charge in [0.1, 0.15) is 5.75 Å². The van der Waals surface area contributed by atoms with Gasteiger partial charge in [0.05, 0.1) is 23.9 Å². The largest absolute Gasteiger partial charge is 0.497 e. The van der Waals surface area contributed by atoms with Gasteiger partial charge in [-0.1, -0.05) is 48.5 Å². The highest BCUT2D eigenvalue weighted by Crippen LogP contribution is 2.28. The lowest BCUT2D eigenvalue weighted by Crippen LogP contribution is -2.14. The van der Waals surface area contributed by atoms with Crippen LogP contribution in [-0.2, 0) is 0 Å². The summed E-state index contributed by atoms with van der Waals surface area (Å²) in [5, 5.41) is 3.92. The molecule has 0 atom stereocenters. The summed E-state index contributed by atoms with van der Waals surface area (Å²) in [6.45, 7) is 3.99. The molecule has 4 rings (SSSR count). The zero-order valence-electron chi connectivity index (χ0n) is 16.7. The van der Waals surface area contributed by atoms with E-state index in [4.69, 9.17) is 9.72 Å². The van der Waals surface area contributed by atoms with E-state index in [1.54, 1.807) is 7.11 Å². The molecule has 0 aliphatic carbocycles. The second-order valence-corrected chi connectivity index (χ2v) is 7.03. The lowest BCUT2D eigenvalue weighted by atomic mass is 10.0. The van der Waals surface area contributed by atoms with Crippen molar-refractivity contribution in [3.8, 4) is 17.0 Å². The molecule has 0 aliphatic heterocycles. The summed E-state index contributed by atoms with van der Waals surface area (Å²) in [5.74, 6) is 0.601. The fraction of sp³-hybridized carbons (Fsp3) is 0.120. The molecule has 1 aromatic heterocycles. The Balaban J connectivity index is 1.83. The Morgan fingerprint density at radius 1 is 0.897 bits per heavy atom. The van der Waals surface area contributed by atoms with E-state index in [9.17, 15) is 4.79 Å². The Kier molecular flexibility index (Phi) is 5.00. The third kappa shape index (κ3) is 3.69. The zero-order valence-corrected chi connectivity index (χ0v) is 16.7. The average Bonchev–Trinajstić information content (AvgIpc) is 2.75. The van der Waals surface area contributed by atoms with E-state index in [-0.39, 0.29) is 5.91 Å². The number of para-hydroxylation sites is 2. The zero-order chi connectivity index (χ0) is 20.4. The Morgan fingerprint density at radius 2 is 1.62 bits per heavy atom. The van der Waals surface area contributed by atoms with Gasteiger partial charge < -0.3 is 10.1 Å². The molecule has 1 amide bonds. The predicted molar refractivity (Wildman–Crippen MR) is 118 cm³/mol. The van der Waals surface area contributed by atoms with E-state index < -0.39 is 0 Å². The number of nitrogens with one attached hydrogen (secondary N) is 1. The van der Waals surface area contributed by atoms with Gasteiger partial charge in [0, 0.05) is 16.6 Å². The Morgan fingerprint density at radius 3 is 2.38 bits per heavy atom. The highest BCUT2D eigenvalue weighted by molar-refractivity contribution is 6.13. The molecular formula is C25H22N2O2. The molecule has 0 aliphatic rings. The number of aromatic nitrogens is 1. The number of hydrogen-bond donors (Lipinski definition) is 1. The fourth-order valence-corrected chi connectivity index (χ4v) is 3.49. The quantitative estimate of drug-likeness (QED) is 0.487. The van der Waals surface area contributed by atoms with Crippen molar-refractivity contribution in [1.82, 2.24) is 4.98 Å². The first-order valence-electron chi connectivity index (χ1n) is 9.48. The molecule has 0 unspecified atom stereocenters. The maximum atomic E-state index is 13.3. The lowest BCUT2D eigenvalue weighted by molar-refractivity contribution is 0.102. The number of benzene rings is 3. The number of amides is 1. The molecular weight excluding hydrogens is 360 g/mol. The van der Waals surface area contributed by atoms with Crippen molar-refractivity contribution in [3.63, 3.8) is 0 Å². The smallest absolute Gasteiger partial charge is 0.256 e. The Bertz CT molecular complexity index is 1190. The van der Waals surface area contributed by atoms with Gasteiger partial charge in [-0.15, -0.1) is 0 Å². The van der Waals surface area contributed by atoms with Crippen LogP contribution in [0.1, 0.15) is 21.5 Å². The van der Waals surface area contributed by atoms with Crippen molar-refractivity contribution in [3.05, 3.63) is 89.5 Å². The number of hydrogen-bond acceptors (Lipinski definition) is 3. The number of carbonyl (C=O) groups is 1. The van der Waals surface area contributed by atoms with Crippen molar-refractivity contribution in [1.29, 1.82) is 0 Å². The first kappa shape index (κ1) is 18.7. The fourth-order valence-electron chi connectivity index (χ4n) is 3.49. The van der Waals surface area contributed by atoms with Crippen LogP contribution in [0.5, 0.6) is 5.75 Å². The van der Waals surface area contributed by atoms with Crippen LogP contribution in [0, 0.1) is 13.8 Å². The average molecular weight is 382 g/mol. The summed E-state index contributed by atoms with van der Waals surface area (Å²) in [7, 11) is 1.64. The minimum Gasteiger partial charge on any atom is -0.497 e. The molecule has 1 N–H and O–H groups in total. The maximum Gasteiger partial charge on any atom is 0.256 e. The molecule has 0 saturated carbocycles. The number of fused-ring (bicyclic) bond motifs is 1. The van der Waals surface area contributed by atoms with E-state index in [0.29, 0.717) is 5.56 Å². The minimum atomic E-state index is -0.148. The van der Waals surface area contributed by atoms with Crippen LogP contribution in [0.2, 0.25) is 0 Å². The number of aryl methyl sites for hydroxylation is 2. The van der Waals surface area contributed by atoms with E-state index in [1.807, 2.05) is 86.6 Å². The van der Waals surface area contributed by atoms with E-state index in [1.165, 1.54) is 0 Å². The summed E-state index contributed by atoms with van der Waals surface area (Å²) in [6, 6.07) is 23.2. The SMILES string of the molecule is COc1cccc(-c2cc(C(=O)Nc3c(C)cccc3C)c3ccccc3n2)c1. The normalized spacial score (nSPS) is 10.7. The van der Waals surface area contributed by atoms with Crippen molar-refractivity contribution >= 4 is 22.5 Å². The van der Waals surface area contributed by atoms with Crippen molar-refractivity contribution in [2.24, 2.45) is 0 Å². The molecule has 0 saturated heterocycles. The molecule has 0 radical (unpaired) electrons. The Hall–Kier alpha value is -3.66. The molecule has 0 fully saturated rings. The van der Waals surface area contributed by atoms with Crippen LogP contribution in [0.25, 0.3) is 22.2 Å². The first-order chi connectivity index (χ1) is 14.1. The number of pyridine rings is 1. The third-order valence-electron chi connectivity index (χ3n) is 5.05. The molecule has 1 heterocycles.